The van der Waals surface area contributed by atoms with E-state index in [2.05, 4.69) is 181 Å². The molecule has 0 saturated heterocycles. The van der Waals surface area contributed by atoms with E-state index in [1.807, 2.05) is 0 Å². The molecule has 1 aliphatic carbocycles. The summed E-state index contributed by atoms with van der Waals surface area (Å²) in [6.07, 6.45) is 0. The molecule has 0 spiro atoms. The van der Waals surface area contributed by atoms with E-state index in [-0.39, 0.29) is 5.41 Å². The van der Waals surface area contributed by atoms with Gasteiger partial charge in [-0.25, -0.2) is 0 Å². The van der Waals surface area contributed by atoms with E-state index in [9.17, 15) is 0 Å². The fraction of sp³-hybridized carbons (Fsp3) is 0.0667. The Morgan fingerprint density at radius 1 is 0.447 bits per heavy atom. The van der Waals surface area contributed by atoms with Crippen molar-refractivity contribution in [1.29, 1.82) is 0 Å². The average molecular weight is 601 g/mol. The number of benzene rings is 7. The van der Waals surface area contributed by atoms with Gasteiger partial charge in [0.05, 0.1) is 27.8 Å². The molecular weight excluding hydrogens is 569 g/mol. The van der Waals surface area contributed by atoms with Gasteiger partial charge in [-0.3, -0.25) is 0 Å². The first-order valence-electron chi connectivity index (χ1n) is 16.5. The average Bonchev–Trinajstić information content (AvgIpc) is 3.72. The summed E-state index contributed by atoms with van der Waals surface area (Å²) in [5.74, 6) is 0. The predicted octanol–water partition coefficient (Wildman–Crippen LogP) is 11.9. The Bertz CT molecular complexity index is 2700. The normalized spacial score (nSPS) is 13.5. The number of fused-ring (bicyclic) bond motifs is 10. The van der Waals surface area contributed by atoms with E-state index < -0.39 is 0 Å². The molecule has 0 atom stereocenters. The predicted molar refractivity (Wildman–Crippen MR) is 198 cm³/mol. The Kier molecular flexibility index (Phi) is 5.37. The van der Waals surface area contributed by atoms with Gasteiger partial charge in [-0.15, -0.1) is 0 Å². The van der Waals surface area contributed by atoms with Crippen molar-refractivity contribution in [2.45, 2.75) is 19.3 Å². The summed E-state index contributed by atoms with van der Waals surface area (Å²) in [4.78, 5) is 0. The summed E-state index contributed by atoms with van der Waals surface area (Å²) in [6, 6.07) is 58.0. The minimum atomic E-state index is -0.128. The van der Waals surface area contributed by atoms with E-state index in [4.69, 9.17) is 0 Å². The number of aromatic nitrogens is 2. The van der Waals surface area contributed by atoms with Crippen molar-refractivity contribution in [3.05, 3.63) is 169 Å². The molecule has 2 aromatic heterocycles. The second kappa shape index (κ2) is 9.57. The van der Waals surface area contributed by atoms with Gasteiger partial charge in [-0.1, -0.05) is 135 Å². The molecule has 0 fully saturated rings. The Morgan fingerprint density at radius 2 is 1.11 bits per heavy atom. The summed E-state index contributed by atoms with van der Waals surface area (Å²) in [6.45, 7) is 4.76. The second-order valence-electron chi connectivity index (χ2n) is 13.3. The van der Waals surface area contributed by atoms with Crippen LogP contribution < -0.4 is 0 Å². The fourth-order valence-electron chi connectivity index (χ4n) is 8.50. The number of hydrogen-bond donors (Lipinski definition) is 0. The second-order valence-corrected chi connectivity index (χ2v) is 13.3. The van der Waals surface area contributed by atoms with Crippen LogP contribution in [0.15, 0.2) is 158 Å². The third-order valence-electron chi connectivity index (χ3n) is 10.5. The van der Waals surface area contributed by atoms with Crippen molar-refractivity contribution >= 4 is 43.6 Å². The molecule has 0 N–H and O–H groups in total. The van der Waals surface area contributed by atoms with Crippen molar-refractivity contribution in [2.75, 3.05) is 0 Å². The van der Waals surface area contributed by atoms with E-state index in [0.717, 1.165) is 0 Å². The first-order chi connectivity index (χ1) is 23.1. The van der Waals surface area contributed by atoms with Crippen LogP contribution in [0.4, 0.5) is 0 Å². The van der Waals surface area contributed by atoms with Gasteiger partial charge < -0.3 is 9.13 Å². The van der Waals surface area contributed by atoms with Gasteiger partial charge in [0, 0.05) is 32.6 Å². The Labute approximate surface area is 273 Å². The van der Waals surface area contributed by atoms with Crippen LogP contribution in [0.1, 0.15) is 25.0 Å². The summed E-state index contributed by atoms with van der Waals surface area (Å²) < 4.78 is 5.02. The Balaban J connectivity index is 1.34. The van der Waals surface area contributed by atoms with Crippen LogP contribution in [-0.4, -0.2) is 9.13 Å². The summed E-state index contributed by atoms with van der Waals surface area (Å²) in [7, 11) is 0. The molecule has 0 aliphatic heterocycles. The lowest BCUT2D eigenvalue weighted by molar-refractivity contribution is 0.656. The van der Waals surface area contributed by atoms with Crippen molar-refractivity contribution in [1.82, 2.24) is 9.13 Å². The van der Waals surface area contributed by atoms with Crippen molar-refractivity contribution in [2.24, 2.45) is 0 Å². The van der Waals surface area contributed by atoms with Crippen LogP contribution in [0.25, 0.3) is 77.2 Å². The molecule has 1 aliphatic rings. The summed E-state index contributed by atoms with van der Waals surface area (Å²) in [5, 5.41) is 5.09. The van der Waals surface area contributed by atoms with Crippen LogP contribution >= 0.6 is 0 Å². The van der Waals surface area contributed by atoms with E-state index >= 15 is 0 Å². The van der Waals surface area contributed by atoms with Crippen LogP contribution in [0.3, 0.4) is 0 Å². The number of rotatable bonds is 3. The summed E-state index contributed by atoms with van der Waals surface area (Å²) >= 11 is 0. The highest BCUT2D eigenvalue weighted by Crippen LogP contribution is 2.52. The zero-order valence-corrected chi connectivity index (χ0v) is 26.4. The third-order valence-corrected chi connectivity index (χ3v) is 10.5. The Hall–Kier alpha value is -5.86. The van der Waals surface area contributed by atoms with Crippen LogP contribution in [0.5, 0.6) is 0 Å². The maximum atomic E-state index is 2.53. The van der Waals surface area contributed by atoms with Crippen molar-refractivity contribution in [3.63, 3.8) is 0 Å². The van der Waals surface area contributed by atoms with Gasteiger partial charge in [-0.2, -0.15) is 0 Å². The molecule has 10 rings (SSSR count). The van der Waals surface area contributed by atoms with Gasteiger partial charge in [0.25, 0.3) is 0 Å². The lowest BCUT2D eigenvalue weighted by atomic mass is 9.81. The van der Waals surface area contributed by atoms with Crippen molar-refractivity contribution < 1.29 is 0 Å². The van der Waals surface area contributed by atoms with Gasteiger partial charge in [-0.05, 0) is 69.8 Å². The first kappa shape index (κ1) is 26.4. The highest BCUT2D eigenvalue weighted by atomic mass is 15.0. The molecule has 2 nitrogen and oxygen atoms in total. The van der Waals surface area contributed by atoms with E-state index in [0.29, 0.717) is 0 Å². The molecule has 47 heavy (non-hydrogen) atoms. The van der Waals surface area contributed by atoms with Crippen LogP contribution in [0, 0.1) is 0 Å². The molecule has 0 radical (unpaired) electrons. The van der Waals surface area contributed by atoms with E-state index in [1.54, 1.807) is 0 Å². The zero-order chi connectivity index (χ0) is 31.3. The molecule has 0 unspecified atom stereocenters. The molecule has 0 saturated carbocycles. The molecule has 2 heteroatoms. The maximum Gasteiger partial charge on any atom is 0.0641 e. The minimum Gasteiger partial charge on any atom is -0.309 e. The molecular formula is C45H32N2. The smallest absolute Gasteiger partial charge is 0.0641 e. The molecule has 222 valence electrons. The molecule has 2 heterocycles. The Morgan fingerprint density at radius 3 is 1.96 bits per heavy atom. The monoisotopic (exact) mass is 600 g/mol. The maximum absolute atomic E-state index is 2.53. The quantitative estimate of drug-likeness (QED) is 0.191. The van der Waals surface area contributed by atoms with Gasteiger partial charge >= 0.3 is 0 Å². The highest BCUT2D eigenvalue weighted by Gasteiger charge is 2.38. The molecule has 0 bridgehead atoms. The van der Waals surface area contributed by atoms with Crippen LogP contribution in [0.2, 0.25) is 0 Å². The molecule has 7 aromatic carbocycles. The van der Waals surface area contributed by atoms with Crippen LogP contribution in [-0.2, 0) is 5.41 Å². The van der Waals surface area contributed by atoms with Gasteiger partial charge in [0.1, 0.15) is 0 Å². The SMILES string of the molecule is CC1(C)c2ccccc2-c2cccc(-n3c4ccccc4c4c3ccc3c5ccccc5n(-c5cccc(-c6ccccc6)c5)c34)c21. The number of nitrogens with zero attached hydrogens (tertiary/aromatic N) is 2. The first-order valence-corrected chi connectivity index (χ1v) is 16.5. The number of para-hydroxylation sites is 2. The lowest BCUT2D eigenvalue weighted by Crippen LogP contribution is -2.18. The zero-order valence-electron chi connectivity index (χ0n) is 26.4. The molecule has 9 aromatic rings. The van der Waals surface area contributed by atoms with Gasteiger partial charge in [0.2, 0.25) is 0 Å². The van der Waals surface area contributed by atoms with E-state index in [1.165, 1.54) is 88.4 Å². The lowest BCUT2D eigenvalue weighted by Gasteiger charge is -2.25. The topological polar surface area (TPSA) is 9.86 Å². The molecule has 0 amide bonds. The highest BCUT2D eigenvalue weighted by molar-refractivity contribution is 6.26. The fourth-order valence-corrected chi connectivity index (χ4v) is 8.50. The number of hydrogen-bond acceptors (Lipinski definition) is 0. The van der Waals surface area contributed by atoms with Gasteiger partial charge in [0.15, 0.2) is 0 Å². The largest absolute Gasteiger partial charge is 0.309 e. The van der Waals surface area contributed by atoms with Crippen molar-refractivity contribution in [3.8, 4) is 33.6 Å². The summed E-state index contributed by atoms with van der Waals surface area (Å²) in [5.41, 5.74) is 15.1. The third kappa shape index (κ3) is 3.56. The standard InChI is InChI=1S/C45H32N2/c1-45(2)37-22-9-6-18-32(37)34-21-13-25-41(43(34)45)47-39-24-11-8-20-36(39)42-40(47)27-26-35-33-19-7-10-23-38(33)46(44(35)42)31-17-12-16-30(28-31)29-14-4-3-5-15-29/h3-28H,1-2H3. The minimum absolute atomic E-state index is 0.128.